The van der Waals surface area contributed by atoms with E-state index in [1.807, 2.05) is 30.3 Å². The Morgan fingerprint density at radius 3 is 2.36 bits per heavy atom. The van der Waals surface area contributed by atoms with Crippen molar-refractivity contribution in [2.75, 3.05) is 22.9 Å². The van der Waals surface area contributed by atoms with E-state index in [-0.39, 0.29) is 5.91 Å². The van der Waals surface area contributed by atoms with E-state index in [0.717, 1.165) is 17.8 Å². The first-order chi connectivity index (χ1) is 13.3. The van der Waals surface area contributed by atoms with E-state index in [1.165, 1.54) is 9.87 Å². The summed E-state index contributed by atoms with van der Waals surface area (Å²) in [5.41, 5.74) is 1.66. The van der Waals surface area contributed by atoms with Gasteiger partial charge in [-0.05, 0) is 36.2 Å². The van der Waals surface area contributed by atoms with Crippen LogP contribution in [0.15, 0.2) is 54.6 Å². The summed E-state index contributed by atoms with van der Waals surface area (Å²) < 4.78 is 25.9. The number of thioether (sulfide) groups is 1. The quantitative estimate of drug-likeness (QED) is 0.568. The van der Waals surface area contributed by atoms with Crippen LogP contribution in [0.2, 0.25) is 5.02 Å². The van der Waals surface area contributed by atoms with Gasteiger partial charge < -0.3 is 5.32 Å². The fourth-order valence-electron chi connectivity index (χ4n) is 2.77. The number of para-hydroxylation sites is 1. The topological polar surface area (TPSA) is 66.5 Å². The van der Waals surface area contributed by atoms with Crippen molar-refractivity contribution < 1.29 is 13.2 Å². The van der Waals surface area contributed by atoms with Crippen molar-refractivity contribution in [1.29, 1.82) is 0 Å². The second kappa shape index (κ2) is 10.7. The average molecular weight is 441 g/mol. The van der Waals surface area contributed by atoms with E-state index >= 15 is 0 Å². The molecule has 0 fully saturated rings. The first kappa shape index (κ1) is 22.6. The maximum atomic E-state index is 12.7. The van der Waals surface area contributed by atoms with E-state index in [0.29, 0.717) is 23.7 Å². The van der Waals surface area contributed by atoms with Crippen molar-refractivity contribution in [2.24, 2.45) is 0 Å². The van der Waals surface area contributed by atoms with Gasteiger partial charge in [-0.2, -0.15) is 11.8 Å². The third-order valence-corrected chi connectivity index (χ3v) is 6.53. The molecule has 8 heteroatoms. The molecule has 1 atom stereocenters. The fraction of sp³-hybridized carbons (Fsp3) is 0.350. The zero-order valence-corrected chi connectivity index (χ0v) is 18.4. The van der Waals surface area contributed by atoms with Crippen LogP contribution in [-0.4, -0.2) is 38.9 Å². The summed E-state index contributed by atoms with van der Waals surface area (Å²) in [6, 6.07) is 15.6. The zero-order valence-electron chi connectivity index (χ0n) is 16.0. The number of carbonyl (C=O) groups excluding carboxylic acids is 1. The Hall–Kier alpha value is -1.70. The van der Waals surface area contributed by atoms with Crippen molar-refractivity contribution in [1.82, 2.24) is 5.32 Å². The van der Waals surface area contributed by atoms with Crippen LogP contribution in [0.25, 0.3) is 0 Å². The van der Waals surface area contributed by atoms with Crippen molar-refractivity contribution in [3.63, 3.8) is 0 Å². The van der Waals surface area contributed by atoms with Crippen LogP contribution in [-0.2, 0) is 20.6 Å². The Labute approximate surface area is 176 Å². The third kappa shape index (κ3) is 6.72. The summed E-state index contributed by atoms with van der Waals surface area (Å²) in [4.78, 5) is 12.7. The molecule has 2 aromatic carbocycles. The van der Waals surface area contributed by atoms with Gasteiger partial charge in [0.1, 0.15) is 6.04 Å². The van der Waals surface area contributed by atoms with Crippen molar-refractivity contribution >= 4 is 45.0 Å². The second-order valence-corrected chi connectivity index (χ2v) is 9.69. The van der Waals surface area contributed by atoms with Crippen LogP contribution >= 0.6 is 23.4 Å². The molecule has 0 aromatic heterocycles. The Morgan fingerprint density at radius 1 is 1.14 bits per heavy atom. The Balaban J connectivity index is 1.91. The molecular weight excluding hydrogens is 416 g/mol. The SMILES string of the molecule is CC[C@H](C(=O)NCCSCc1ccc(Cl)cc1)N(c1ccccc1)S(C)(=O)=O. The highest BCUT2D eigenvalue weighted by Gasteiger charge is 2.31. The minimum absolute atomic E-state index is 0.288. The molecular formula is C20H25ClN2O3S2. The number of hydrogen-bond donors (Lipinski definition) is 1. The summed E-state index contributed by atoms with van der Waals surface area (Å²) in [5.74, 6) is 1.27. The van der Waals surface area contributed by atoms with Crippen molar-refractivity contribution in [3.05, 3.63) is 65.2 Å². The van der Waals surface area contributed by atoms with Gasteiger partial charge >= 0.3 is 0 Å². The molecule has 2 aromatic rings. The highest BCUT2D eigenvalue weighted by Crippen LogP contribution is 2.22. The van der Waals surface area contributed by atoms with Gasteiger partial charge in [-0.15, -0.1) is 0 Å². The second-order valence-electron chi connectivity index (χ2n) is 6.29. The summed E-state index contributed by atoms with van der Waals surface area (Å²) >= 11 is 7.57. The monoisotopic (exact) mass is 440 g/mol. The van der Waals surface area contributed by atoms with E-state index in [2.05, 4.69) is 5.32 Å². The van der Waals surface area contributed by atoms with Crippen LogP contribution in [0.5, 0.6) is 0 Å². The molecule has 28 heavy (non-hydrogen) atoms. The normalized spacial score (nSPS) is 12.4. The number of halogens is 1. The number of hydrogen-bond acceptors (Lipinski definition) is 4. The zero-order chi connectivity index (χ0) is 20.6. The van der Waals surface area contributed by atoms with Crippen LogP contribution < -0.4 is 9.62 Å². The highest BCUT2D eigenvalue weighted by atomic mass is 35.5. The largest absolute Gasteiger partial charge is 0.353 e. The molecule has 1 N–H and O–H groups in total. The van der Waals surface area contributed by atoms with E-state index < -0.39 is 16.1 Å². The van der Waals surface area contributed by atoms with Crippen LogP contribution in [0.4, 0.5) is 5.69 Å². The summed E-state index contributed by atoms with van der Waals surface area (Å²) in [6.45, 7) is 2.28. The summed E-state index contributed by atoms with van der Waals surface area (Å²) in [7, 11) is -3.59. The molecule has 5 nitrogen and oxygen atoms in total. The van der Waals surface area contributed by atoms with Gasteiger partial charge in [0.2, 0.25) is 15.9 Å². The lowest BCUT2D eigenvalue weighted by molar-refractivity contribution is -0.122. The number of benzene rings is 2. The fourth-order valence-corrected chi connectivity index (χ4v) is 4.93. The highest BCUT2D eigenvalue weighted by molar-refractivity contribution is 7.98. The number of amides is 1. The van der Waals surface area contributed by atoms with Gasteiger partial charge in [-0.1, -0.05) is 48.9 Å². The standard InChI is InChI=1S/C20H25ClN2O3S2/c1-3-19(23(28(2,25)26)18-7-5-4-6-8-18)20(24)22-13-14-27-15-16-9-11-17(21)12-10-16/h4-12,19H,3,13-15H2,1-2H3,(H,22,24)/t19-/m1/s1. The molecule has 1 amide bonds. The van der Waals surface area contributed by atoms with Gasteiger partial charge in [-0.25, -0.2) is 8.42 Å². The molecule has 0 aliphatic rings. The molecule has 0 unspecified atom stereocenters. The number of anilines is 1. The van der Waals surface area contributed by atoms with E-state index in [9.17, 15) is 13.2 Å². The smallest absolute Gasteiger partial charge is 0.243 e. The number of sulfonamides is 1. The van der Waals surface area contributed by atoms with Gasteiger partial charge in [0, 0.05) is 23.1 Å². The molecule has 0 spiro atoms. The number of carbonyl (C=O) groups is 1. The lowest BCUT2D eigenvalue weighted by atomic mass is 10.2. The minimum Gasteiger partial charge on any atom is -0.353 e. The third-order valence-electron chi connectivity index (χ3n) is 4.07. The molecule has 0 bridgehead atoms. The molecule has 0 saturated carbocycles. The van der Waals surface area contributed by atoms with Crippen molar-refractivity contribution in [2.45, 2.75) is 25.1 Å². The molecule has 0 aliphatic carbocycles. The minimum atomic E-state index is -3.59. The molecule has 0 aliphatic heterocycles. The van der Waals surface area contributed by atoms with Gasteiger partial charge in [0.15, 0.2) is 0 Å². The average Bonchev–Trinajstić information content (AvgIpc) is 2.66. The first-order valence-corrected chi connectivity index (χ1v) is 12.4. The molecule has 0 heterocycles. The number of rotatable bonds is 10. The van der Waals surface area contributed by atoms with Gasteiger partial charge in [-0.3, -0.25) is 9.10 Å². The van der Waals surface area contributed by atoms with Crippen molar-refractivity contribution in [3.8, 4) is 0 Å². The first-order valence-electron chi connectivity index (χ1n) is 8.97. The Morgan fingerprint density at radius 2 is 1.79 bits per heavy atom. The lowest BCUT2D eigenvalue weighted by Gasteiger charge is -2.30. The van der Waals surface area contributed by atoms with Crippen LogP contribution in [0.1, 0.15) is 18.9 Å². The molecule has 0 saturated heterocycles. The molecule has 2 rings (SSSR count). The molecule has 0 radical (unpaired) electrons. The van der Waals surface area contributed by atoms with Gasteiger partial charge in [0.25, 0.3) is 0 Å². The summed E-state index contributed by atoms with van der Waals surface area (Å²) in [6.07, 6.45) is 1.50. The maximum absolute atomic E-state index is 12.7. The lowest BCUT2D eigenvalue weighted by Crippen LogP contribution is -2.49. The van der Waals surface area contributed by atoms with E-state index in [1.54, 1.807) is 43.0 Å². The predicted molar refractivity (Wildman–Crippen MR) is 118 cm³/mol. The Bertz CT molecular complexity index is 859. The van der Waals surface area contributed by atoms with Gasteiger partial charge in [0.05, 0.1) is 11.9 Å². The predicted octanol–water partition coefficient (Wildman–Crippen LogP) is 3.93. The Kier molecular flexibility index (Phi) is 8.66. The van der Waals surface area contributed by atoms with Crippen LogP contribution in [0.3, 0.4) is 0 Å². The molecule has 152 valence electrons. The number of nitrogens with zero attached hydrogens (tertiary/aromatic N) is 1. The maximum Gasteiger partial charge on any atom is 0.243 e. The number of nitrogens with one attached hydrogen (secondary N) is 1. The van der Waals surface area contributed by atoms with Crippen LogP contribution in [0, 0.1) is 0 Å². The van der Waals surface area contributed by atoms with E-state index in [4.69, 9.17) is 11.6 Å². The summed E-state index contributed by atoms with van der Waals surface area (Å²) in [5, 5.41) is 3.57.